The number of halogens is 1. The van der Waals surface area contributed by atoms with Crippen molar-refractivity contribution in [2.45, 2.75) is 0 Å². The molecule has 0 atom stereocenters. The van der Waals surface area contributed by atoms with Gasteiger partial charge in [0.1, 0.15) is 11.9 Å². The van der Waals surface area contributed by atoms with Crippen LogP contribution in [0, 0.1) is 17.1 Å². The SMILES string of the molecule is N#Cc1cc(F)ccc1NC(=O)c1ccncc1NN. The highest BCUT2D eigenvalue weighted by atomic mass is 19.1. The number of anilines is 2. The summed E-state index contributed by atoms with van der Waals surface area (Å²) in [6, 6.07) is 6.81. The quantitative estimate of drug-likeness (QED) is 0.581. The normalized spacial score (nSPS) is 9.65. The highest BCUT2D eigenvalue weighted by Crippen LogP contribution is 2.19. The minimum atomic E-state index is -0.548. The number of carbonyl (C=O) groups is 1. The molecule has 1 amide bonds. The minimum Gasteiger partial charge on any atom is -0.322 e. The first-order valence-electron chi connectivity index (χ1n) is 5.57. The van der Waals surface area contributed by atoms with E-state index in [0.717, 1.165) is 12.1 Å². The molecule has 0 bridgehead atoms. The van der Waals surface area contributed by atoms with Gasteiger partial charge in [0.05, 0.1) is 28.7 Å². The van der Waals surface area contributed by atoms with Crippen molar-refractivity contribution in [2.75, 3.05) is 10.7 Å². The largest absolute Gasteiger partial charge is 0.322 e. The van der Waals surface area contributed by atoms with Gasteiger partial charge in [0, 0.05) is 6.20 Å². The van der Waals surface area contributed by atoms with Crippen LogP contribution in [0.25, 0.3) is 0 Å². The number of nitrogens with two attached hydrogens (primary N) is 1. The predicted molar refractivity (Wildman–Crippen MR) is 71.1 cm³/mol. The van der Waals surface area contributed by atoms with E-state index in [0.29, 0.717) is 5.69 Å². The number of nitrogens with one attached hydrogen (secondary N) is 2. The molecule has 6 nitrogen and oxygen atoms in total. The molecule has 100 valence electrons. The first kappa shape index (κ1) is 13.5. The Labute approximate surface area is 114 Å². The third-order valence-corrected chi connectivity index (χ3v) is 2.57. The van der Waals surface area contributed by atoms with Crippen LogP contribution in [0.4, 0.5) is 15.8 Å². The van der Waals surface area contributed by atoms with E-state index in [1.807, 2.05) is 6.07 Å². The van der Waals surface area contributed by atoms with Crippen LogP contribution in [-0.4, -0.2) is 10.9 Å². The second kappa shape index (κ2) is 5.77. The predicted octanol–water partition coefficient (Wildman–Crippen LogP) is 1.63. The lowest BCUT2D eigenvalue weighted by atomic mass is 10.1. The summed E-state index contributed by atoms with van der Waals surface area (Å²) in [5, 5.41) is 11.4. The standard InChI is InChI=1S/C13H10FN5O/c14-9-1-2-11(8(5-9)6-15)18-13(20)10-3-4-17-7-12(10)19-16/h1-5,7,19H,16H2,(H,18,20). The van der Waals surface area contributed by atoms with E-state index in [9.17, 15) is 9.18 Å². The van der Waals surface area contributed by atoms with Crippen LogP contribution < -0.4 is 16.6 Å². The maximum absolute atomic E-state index is 13.0. The molecule has 0 aliphatic rings. The maximum atomic E-state index is 13.0. The number of nitrogens with zero attached hydrogens (tertiary/aromatic N) is 2. The number of pyridine rings is 1. The van der Waals surface area contributed by atoms with Crippen molar-refractivity contribution in [3.05, 3.63) is 53.6 Å². The molecule has 0 saturated carbocycles. The molecule has 4 N–H and O–H groups in total. The summed E-state index contributed by atoms with van der Waals surface area (Å²) in [6.07, 6.45) is 2.83. The van der Waals surface area contributed by atoms with Gasteiger partial charge in [0.25, 0.3) is 5.91 Å². The van der Waals surface area contributed by atoms with E-state index in [-0.39, 0.29) is 16.8 Å². The van der Waals surface area contributed by atoms with Crippen LogP contribution >= 0.6 is 0 Å². The summed E-state index contributed by atoms with van der Waals surface area (Å²) < 4.78 is 13.0. The van der Waals surface area contributed by atoms with Crippen LogP contribution in [0.3, 0.4) is 0 Å². The molecule has 1 aromatic heterocycles. The van der Waals surface area contributed by atoms with Gasteiger partial charge in [-0.3, -0.25) is 15.6 Å². The average molecular weight is 271 g/mol. The van der Waals surface area contributed by atoms with E-state index >= 15 is 0 Å². The minimum absolute atomic E-state index is 0.0367. The maximum Gasteiger partial charge on any atom is 0.257 e. The van der Waals surface area contributed by atoms with Crippen molar-refractivity contribution in [3.63, 3.8) is 0 Å². The van der Waals surface area contributed by atoms with Crippen LogP contribution in [-0.2, 0) is 0 Å². The van der Waals surface area contributed by atoms with Crippen molar-refractivity contribution in [1.82, 2.24) is 4.98 Å². The number of carbonyl (C=O) groups excluding carboxylic acids is 1. The molecule has 0 radical (unpaired) electrons. The summed E-state index contributed by atoms with van der Waals surface area (Å²) in [5.74, 6) is 4.25. The van der Waals surface area contributed by atoms with Gasteiger partial charge in [-0.2, -0.15) is 5.26 Å². The van der Waals surface area contributed by atoms with Gasteiger partial charge in [-0.15, -0.1) is 0 Å². The molecule has 0 saturated heterocycles. The van der Waals surface area contributed by atoms with Crippen LogP contribution in [0.1, 0.15) is 15.9 Å². The van der Waals surface area contributed by atoms with Crippen molar-refractivity contribution in [2.24, 2.45) is 5.84 Å². The molecule has 1 heterocycles. The zero-order chi connectivity index (χ0) is 14.5. The number of nitrogen functional groups attached to an aromatic ring is 1. The van der Waals surface area contributed by atoms with Crippen molar-refractivity contribution in [3.8, 4) is 6.07 Å². The topological polar surface area (TPSA) is 104 Å². The number of amides is 1. The van der Waals surface area contributed by atoms with Crippen LogP contribution in [0.5, 0.6) is 0 Å². The molecule has 0 unspecified atom stereocenters. The molecule has 20 heavy (non-hydrogen) atoms. The van der Waals surface area contributed by atoms with Gasteiger partial charge in [-0.05, 0) is 24.3 Å². The molecular formula is C13H10FN5O. The fourth-order valence-corrected chi connectivity index (χ4v) is 1.62. The summed E-state index contributed by atoms with van der Waals surface area (Å²) in [6.45, 7) is 0. The highest BCUT2D eigenvalue weighted by Gasteiger charge is 2.13. The lowest BCUT2D eigenvalue weighted by Gasteiger charge is -2.10. The first-order chi connectivity index (χ1) is 9.65. The second-order valence-corrected chi connectivity index (χ2v) is 3.82. The zero-order valence-electron chi connectivity index (χ0n) is 10.2. The summed E-state index contributed by atoms with van der Waals surface area (Å²) >= 11 is 0. The summed E-state index contributed by atoms with van der Waals surface area (Å²) in [4.78, 5) is 15.9. The Balaban J connectivity index is 2.31. The van der Waals surface area contributed by atoms with Crippen LogP contribution in [0.15, 0.2) is 36.7 Å². The Morgan fingerprint density at radius 1 is 1.35 bits per heavy atom. The number of benzene rings is 1. The number of hydrazine groups is 1. The van der Waals surface area contributed by atoms with Crippen molar-refractivity contribution >= 4 is 17.3 Å². The van der Waals surface area contributed by atoms with Gasteiger partial charge >= 0.3 is 0 Å². The van der Waals surface area contributed by atoms with Gasteiger partial charge < -0.3 is 10.7 Å². The van der Waals surface area contributed by atoms with Gasteiger partial charge in [0.2, 0.25) is 0 Å². The van der Waals surface area contributed by atoms with Crippen molar-refractivity contribution in [1.29, 1.82) is 5.26 Å². The summed E-state index contributed by atoms with van der Waals surface area (Å²) in [7, 11) is 0. The third-order valence-electron chi connectivity index (χ3n) is 2.57. The lowest BCUT2D eigenvalue weighted by Crippen LogP contribution is -2.18. The van der Waals surface area contributed by atoms with Crippen molar-refractivity contribution < 1.29 is 9.18 Å². The van der Waals surface area contributed by atoms with E-state index in [1.165, 1.54) is 24.5 Å². The Morgan fingerprint density at radius 2 is 2.15 bits per heavy atom. The molecule has 1 aromatic carbocycles. The monoisotopic (exact) mass is 271 g/mol. The zero-order valence-corrected chi connectivity index (χ0v) is 10.2. The average Bonchev–Trinajstić information content (AvgIpc) is 2.48. The Kier molecular flexibility index (Phi) is 3.88. The fraction of sp³-hybridized carbons (Fsp3) is 0. The van der Waals surface area contributed by atoms with Crippen LogP contribution in [0.2, 0.25) is 0 Å². The second-order valence-electron chi connectivity index (χ2n) is 3.82. The highest BCUT2D eigenvalue weighted by molar-refractivity contribution is 6.08. The van der Waals surface area contributed by atoms with E-state index in [2.05, 4.69) is 15.7 Å². The number of rotatable bonds is 3. The molecular weight excluding hydrogens is 261 g/mol. The Morgan fingerprint density at radius 3 is 2.85 bits per heavy atom. The summed E-state index contributed by atoms with van der Waals surface area (Å²) in [5.41, 5.74) is 3.21. The molecule has 2 rings (SSSR count). The smallest absolute Gasteiger partial charge is 0.257 e. The lowest BCUT2D eigenvalue weighted by molar-refractivity contribution is 0.102. The molecule has 0 fully saturated rings. The van der Waals surface area contributed by atoms with Gasteiger partial charge in [-0.25, -0.2) is 4.39 Å². The number of aromatic nitrogens is 1. The van der Waals surface area contributed by atoms with E-state index in [1.54, 1.807) is 0 Å². The first-order valence-corrected chi connectivity index (χ1v) is 5.57. The Hall–Kier alpha value is -2.98. The number of hydrogen-bond donors (Lipinski definition) is 3. The molecule has 0 spiro atoms. The third kappa shape index (κ3) is 2.71. The molecule has 0 aliphatic carbocycles. The van der Waals surface area contributed by atoms with E-state index < -0.39 is 11.7 Å². The fourth-order valence-electron chi connectivity index (χ4n) is 1.62. The molecule has 7 heteroatoms. The van der Waals surface area contributed by atoms with E-state index in [4.69, 9.17) is 11.1 Å². The number of nitriles is 1. The molecule has 0 aliphatic heterocycles. The Bertz CT molecular complexity index is 695. The van der Waals surface area contributed by atoms with Gasteiger partial charge in [0.15, 0.2) is 0 Å². The van der Waals surface area contributed by atoms with Gasteiger partial charge in [-0.1, -0.05) is 0 Å². The number of hydrogen-bond acceptors (Lipinski definition) is 5. The molecule has 2 aromatic rings.